The van der Waals surface area contributed by atoms with Crippen LogP contribution in [-0.4, -0.2) is 56.9 Å². The monoisotopic (exact) mass is 268 g/mol. The molecule has 0 amide bonds. The highest BCUT2D eigenvalue weighted by Crippen LogP contribution is 2.15. The predicted molar refractivity (Wildman–Crippen MR) is 65.0 cm³/mol. The van der Waals surface area contributed by atoms with Gasteiger partial charge in [0.25, 0.3) is 6.43 Å². The Balaban J connectivity index is 2.07. The fraction of sp³-hybridized carbons (Fsp3) is 0.900. The molecule has 7 heteroatoms. The molecule has 0 aromatic heterocycles. The molecular formula is C10H18F2N2O2S. The van der Waals surface area contributed by atoms with Gasteiger partial charge in [-0.2, -0.15) is 0 Å². The number of hydrogen-bond acceptors (Lipinski definition) is 4. The summed E-state index contributed by atoms with van der Waals surface area (Å²) in [5, 5.41) is 4.12. The lowest BCUT2D eigenvalue weighted by molar-refractivity contribution is 0.0207. The molecule has 4 nitrogen and oxygen atoms in total. The molecule has 1 atom stereocenters. The third kappa shape index (κ3) is 6.80. The minimum absolute atomic E-state index is 0.235. The summed E-state index contributed by atoms with van der Waals surface area (Å²) < 4.78 is 33.2. The molecule has 1 heterocycles. The van der Waals surface area contributed by atoms with Crippen LogP contribution in [-0.2, 0) is 9.47 Å². The number of aliphatic imine (C=N–C) groups is 1. The number of nitrogens with zero attached hydrogens (tertiary/aromatic N) is 1. The first-order valence-corrected chi connectivity index (χ1v) is 6.49. The van der Waals surface area contributed by atoms with Gasteiger partial charge in [-0.25, -0.2) is 8.78 Å². The van der Waals surface area contributed by atoms with E-state index in [0.29, 0.717) is 12.6 Å². The molecule has 1 rings (SSSR count). The Morgan fingerprint density at radius 2 is 2.35 bits per heavy atom. The van der Waals surface area contributed by atoms with Crippen LogP contribution in [0, 0.1) is 0 Å². The fourth-order valence-corrected chi connectivity index (χ4v) is 2.37. The minimum Gasteiger partial charge on any atom is -0.385 e. The second kappa shape index (κ2) is 8.66. The second-order valence-electron chi connectivity index (χ2n) is 3.59. The largest absolute Gasteiger partial charge is 0.385 e. The lowest BCUT2D eigenvalue weighted by Gasteiger charge is -2.08. The van der Waals surface area contributed by atoms with Crippen LogP contribution in [0.5, 0.6) is 0 Å². The zero-order valence-corrected chi connectivity index (χ0v) is 10.6. The Labute approximate surface area is 104 Å². The van der Waals surface area contributed by atoms with Crippen molar-refractivity contribution in [2.24, 2.45) is 4.99 Å². The number of halogens is 2. The summed E-state index contributed by atoms with van der Waals surface area (Å²) in [4.78, 5) is 4.24. The standard InChI is InChI=1S/C10H18F2N2O2S/c1-15-4-2-8-7-17-10(14-8)13-3-5-16-6-9(11)12/h8-9H,2-7H2,1H3,(H,13,14). The smallest absolute Gasteiger partial charge is 0.261 e. The van der Waals surface area contributed by atoms with Crippen LogP contribution < -0.4 is 5.32 Å². The van der Waals surface area contributed by atoms with E-state index >= 15 is 0 Å². The molecule has 1 aliphatic rings. The Bertz CT molecular complexity index is 242. The molecular weight excluding hydrogens is 250 g/mol. The topological polar surface area (TPSA) is 42.9 Å². The number of thioether (sulfide) groups is 1. The van der Waals surface area contributed by atoms with Gasteiger partial charge in [0.15, 0.2) is 5.17 Å². The van der Waals surface area contributed by atoms with Crippen molar-refractivity contribution in [2.75, 3.05) is 39.2 Å². The van der Waals surface area contributed by atoms with Crippen LogP contribution >= 0.6 is 11.8 Å². The van der Waals surface area contributed by atoms with Crippen molar-refractivity contribution in [1.29, 1.82) is 0 Å². The maximum Gasteiger partial charge on any atom is 0.261 e. The number of rotatable bonds is 8. The predicted octanol–water partition coefficient (Wildman–Crippen LogP) is 1.37. The van der Waals surface area contributed by atoms with Crippen molar-refractivity contribution < 1.29 is 18.3 Å². The van der Waals surface area contributed by atoms with Crippen LogP contribution in [0.25, 0.3) is 0 Å². The second-order valence-corrected chi connectivity index (χ2v) is 4.60. The van der Waals surface area contributed by atoms with Gasteiger partial charge >= 0.3 is 0 Å². The van der Waals surface area contributed by atoms with E-state index in [9.17, 15) is 8.78 Å². The number of methoxy groups -OCH3 is 1. The van der Waals surface area contributed by atoms with Gasteiger partial charge < -0.3 is 14.8 Å². The molecule has 0 saturated carbocycles. The molecule has 1 N–H and O–H groups in total. The first-order chi connectivity index (χ1) is 8.22. The molecule has 1 unspecified atom stereocenters. The molecule has 0 aromatic carbocycles. The molecule has 17 heavy (non-hydrogen) atoms. The van der Waals surface area contributed by atoms with Crippen molar-refractivity contribution in [2.45, 2.75) is 18.9 Å². The van der Waals surface area contributed by atoms with Crippen molar-refractivity contribution in [3.05, 3.63) is 0 Å². The Kier molecular flexibility index (Phi) is 7.46. The zero-order chi connectivity index (χ0) is 12.5. The molecule has 0 radical (unpaired) electrons. The number of hydrogen-bond donors (Lipinski definition) is 1. The van der Waals surface area contributed by atoms with Gasteiger partial charge in [-0.05, 0) is 6.42 Å². The van der Waals surface area contributed by atoms with Crippen LogP contribution in [0.1, 0.15) is 6.42 Å². The van der Waals surface area contributed by atoms with Crippen molar-refractivity contribution >= 4 is 16.9 Å². The summed E-state index contributed by atoms with van der Waals surface area (Å²) in [6.45, 7) is 0.864. The molecule has 1 fully saturated rings. The molecule has 0 spiro atoms. The van der Waals surface area contributed by atoms with Gasteiger partial charge in [0.05, 0.1) is 13.2 Å². The lowest BCUT2D eigenvalue weighted by atomic mass is 10.2. The first-order valence-electron chi connectivity index (χ1n) is 5.51. The molecule has 100 valence electrons. The summed E-state index contributed by atoms with van der Waals surface area (Å²) >= 11 is 1.64. The summed E-state index contributed by atoms with van der Waals surface area (Å²) in [6.07, 6.45) is -1.45. The lowest BCUT2D eigenvalue weighted by Crippen LogP contribution is -2.28. The average Bonchev–Trinajstić information content (AvgIpc) is 2.73. The van der Waals surface area contributed by atoms with E-state index in [2.05, 4.69) is 10.3 Å². The maximum atomic E-state index is 11.7. The molecule has 1 saturated heterocycles. The van der Waals surface area contributed by atoms with E-state index in [0.717, 1.165) is 23.9 Å². The van der Waals surface area contributed by atoms with Crippen LogP contribution in [0.15, 0.2) is 4.99 Å². The maximum absolute atomic E-state index is 11.7. The van der Waals surface area contributed by atoms with Crippen molar-refractivity contribution in [3.63, 3.8) is 0 Å². The van der Waals surface area contributed by atoms with E-state index in [-0.39, 0.29) is 6.61 Å². The number of amidine groups is 1. The average molecular weight is 268 g/mol. The molecule has 0 aliphatic carbocycles. The quantitative estimate of drug-likeness (QED) is 0.675. The van der Waals surface area contributed by atoms with Gasteiger partial charge in [0.1, 0.15) is 6.61 Å². The summed E-state index contributed by atoms with van der Waals surface area (Å²) in [5.74, 6) is 0.972. The Hall–Kier alpha value is -0.400. The van der Waals surface area contributed by atoms with Gasteiger partial charge in [-0.1, -0.05) is 11.8 Å². The number of alkyl halides is 2. The van der Waals surface area contributed by atoms with E-state index in [1.165, 1.54) is 0 Å². The van der Waals surface area contributed by atoms with Crippen LogP contribution in [0.2, 0.25) is 0 Å². The SMILES string of the molecule is COCCC1CSC(=NCCOCC(F)F)N1. The molecule has 1 aliphatic heterocycles. The van der Waals surface area contributed by atoms with Gasteiger partial charge in [0.2, 0.25) is 0 Å². The van der Waals surface area contributed by atoms with E-state index in [1.54, 1.807) is 18.9 Å². The normalized spacial score (nSPS) is 22.4. The van der Waals surface area contributed by atoms with Crippen LogP contribution in [0.3, 0.4) is 0 Å². The third-order valence-corrected chi connectivity index (χ3v) is 3.24. The fourth-order valence-electron chi connectivity index (χ4n) is 1.33. The highest BCUT2D eigenvalue weighted by atomic mass is 32.2. The van der Waals surface area contributed by atoms with E-state index in [1.807, 2.05) is 0 Å². The highest BCUT2D eigenvalue weighted by Gasteiger charge is 2.19. The van der Waals surface area contributed by atoms with E-state index in [4.69, 9.17) is 9.47 Å². The number of ether oxygens (including phenoxy) is 2. The Morgan fingerprint density at radius 1 is 1.53 bits per heavy atom. The van der Waals surface area contributed by atoms with Crippen molar-refractivity contribution in [1.82, 2.24) is 5.32 Å². The third-order valence-electron chi connectivity index (χ3n) is 2.15. The van der Waals surface area contributed by atoms with Gasteiger partial charge in [0, 0.05) is 25.5 Å². The summed E-state index contributed by atoms with van der Waals surface area (Å²) in [6, 6.07) is 0.390. The summed E-state index contributed by atoms with van der Waals surface area (Å²) in [5.41, 5.74) is 0. The first kappa shape index (κ1) is 14.7. The van der Waals surface area contributed by atoms with Gasteiger partial charge in [-0.15, -0.1) is 0 Å². The minimum atomic E-state index is -2.40. The molecule has 0 aromatic rings. The summed E-state index contributed by atoms with van der Waals surface area (Å²) in [7, 11) is 1.68. The van der Waals surface area contributed by atoms with Crippen molar-refractivity contribution in [3.8, 4) is 0 Å². The molecule has 0 bridgehead atoms. The van der Waals surface area contributed by atoms with Gasteiger partial charge in [-0.3, -0.25) is 4.99 Å². The zero-order valence-electron chi connectivity index (χ0n) is 9.83. The number of nitrogens with one attached hydrogen (secondary N) is 1. The van der Waals surface area contributed by atoms with E-state index < -0.39 is 13.0 Å². The van der Waals surface area contributed by atoms with Crippen LogP contribution in [0.4, 0.5) is 8.78 Å². The highest BCUT2D eigenvalue weighted by molar-refractivity contribution is 8.14. The Morgan fingerprint density at radius 3 is 3.06 bits per heavy atom.